The maximum absolute atomic E-state index is 13.0. The molecule has 0 aromatic carbocycles. The molecule has 2 unspecified atom stereocenters. The van der Waals surface area contributed by atoms with Crippen molar-refractivity contribution in [3.8, 4) is 0 Å². The van der Waals surface area contributed by atoms with Gasteiger partial charge in [0.2, 0.25) is 0 Å². The van der Waals surface area contributed by atoms with E-state index in [9.17, 15) is 29.1 Å². The number of allylic oxidation sites excluding steroid dienone is 1. The zero-order chi connectivity index (χ0) is 28.4. The number of thiazole rings is 1. The number of aliphatic carboxylic acids is 1. The van der Waals surface area contributed by atoms with Crippen LogP contribution in [0.2, 0.25) is 0 Å². The average Bonchev–Trinajstić information content (AvgIpc) is 3.32. The summed E-state index contributed by atoms with van der Waals surface area (Å²) in [7, 11) is 1.25. The van der Waals surface area contributed by atoms with Gasteiger partial charge < -0.3 is 21.0 Å². The van der Waals surface area contributed by atoms with Crippen molar-refractivity contribution in [2.24, 2.45) is 5.16 Å². The molecule has 5 N–H and O–H groups in total. The van der Waals surface area contributed by atoms with Gasteiger partial charge >= 0.3 is 17.1 Å². The van der Waals surface area contributed by atoms with Gasteiger partial charge in [-0.15, -0.1) is 28.2 Å². The summed E-state index contributed by atoms with van der Waals surface area (Å²) in [6.07, 6.45) is 1.51. The fourth-order valence-corrected chi connectivity index (χ4v) is 6.51. The number of hydrogen-bond acceptors (Lipinski definition) is 13. The first kappa shape index (κ1) is 28.1. The molecule has 0 saturated carbocycles. The van der Waals surface area contributed by atoms with Crippen molar-refractivity contribution in [1.29, 1.82) is 0 Å². The molecule has 0 radical (unpaired) electrons. The molecule has 4 rings (SSSR count). The highest BCUT2D eigenvalue weighted by Crippen LogP contribution is 2.41. The minimum Gasteiger partial charge on any atom is -0.477 e. The van der Waals surface area contributed by atoms with Crippen LogP contribution in [0.15, 0.2) is 48.0 Å². The van der Waals surface area contributed by atoms with Crippen LogP contribution in [-0.4, -0.2) is 77.5 Å². The summed E-state index contributed by atoms with van der Waals surface area (Å²) >= 11 is 3.37. The molecule has 2 aliphatic rings. The molecular formula is C21H22N8O7S3. The topological polar surface area (TPSA) is 215 Å². The summed E-state index contributed by atoms with van der Waals surface area (Å²) in [5, 5.41) is 25.0. The SMILES string of the molecule is CO/N=C(/C(=O)NC1C(=O)N2C(C(=O)O)=C(/C=C/Sc3n[nH]c(=O)c(=O)n3C(C)C)CSC12)c1csc(N)n1. The predicted octanol–water partition coefficient (Wildman–Crippen LogP) is -0.0537. The lowest BCUT2D eigenvalue weighted by molar-refractivity contribution is -0.150. The second-order valence-electron chi connectivity index (χ2n) is 8.26. The minimum atomic E-state index is -1.32. The summed E-state index contributed by atoms with van der Waals surface area (Å²) in [4.78, 5) is 71.7. The largest absolute Gasteiger partial charge is 0.477 e. The Hall–Kier alpha value is -3.90. The molecule has 0 aliphatic carbocycles. The van der Waals surface area contributed by atoms with Crippen molar-refractivity contribution in [3.05, 3.63) is 54.5 Å². The number of thioether (sulfide) groups is 2. The highest BCUT2D eigenvalue weighted by molar-refractivity contribution is 8.02. The Morgan fingerprint density at radius 1 is 1.38 bits per heavy atom. The van der Waals surface area contributed by atoms with Crippen LogP contribution in [0.1, 0.15) is 25.6 Å². The molecule has 0 spiro atoms. The van der Waals surface area contributed by atoms with Crippen molar-refractivity contribution < 1.29 is 24.3 Å². The number of carbonyl (C=O) groups is 3. The van der Waals surface area contributed by atoms with Gasteiger partial charge in [0, 0.05) is 17.2 Å². The number of H-pyrrole nitrogens is 1. The first-order valence-corrected chi connectivity index (χ1v) is 13.9. The third-order valence-corrected chi connectivity index (χ3v) is 8.23. The Balaban J connectivity index is 1.53. The van der Waals surface area contributed by atoms with Crippen LogP contribution in [0.4, 0.5) is 5.13 Å². The molecule has 2 aromatic heterocycles. The van der Waals surface area contributed by atoms with E-state index in [1.807, 2.05) is 0 Å². The van der Waals surface area contributed by atoms with Crippen LogP contribution >= 0.6 is 34.9 Å². The summed E-state index contributed by atoms with van der Waals surface area (Å²) in [6.45, 7) is 3.45. The third kappa shape index (κ3) is 5.48. The zero-order valence-electron chi connectivity index (χ0n) is 20.6. The van der Waals surface area contributed by atoms with Crippen LogP contribution in [0, 0.1) is 0 Å². The molecule has 0 bridgehead atoms. The second kappa shape index (κ2) is 11.5. The molecule has 1 saturated heterocycles. The lowest BCUT2D eigenvalue weighted by atomic mass is 10.0. The van der Waals surface area contributed by atoms with Gasteiger partial charge in [0.1, 0.15) is 29.9 Å². The Bertz CT molecular complexity index is 1540. The number of nitrogens with zero attached hydrogens (tertiary/aromatic N) is 5. The fraction of sp³-hybridized carbons (Fsp3) is 0.333. The Morgan fingerprint density at radius 3 is 2.74 bits per heavy atom. The normalized spacial score (nSPS) is 19.3. The number of fused-ring (bicyclic) bond motifs is 1. The number of amides is 2. The number of nitrogens with two attached hydrogens (primary N) is 1. The van der Waals surface area contributed by atoms with Crippen LogP contribution in [0.25, 0.3) is 0 Å². The summed E-state index contributed by atoms with van der Waals surface area (Å²) in [6, 6.07) is -1.34. The van der Waals surface area contributed by atoms with Gasteiger partial charge in [0.15, 0.2) is 16.0 Å². The maximum atomic E-state index is 13.0. The van der Waals surface area contributed by atoms with Crippen molar-refractivity contribution >= 4 is 63.5 Å². The highest BCUT2D eigenvalue weighted by atomic mass is 32.2. The number of oxime groups is 1. The molecule has 15 nitrogen and oxygen atoms in total. The molecule has 2 aromatic rings. The molecular weight excluding hydrogens is 572 g/mol. The lowest BCUT2D eigenvalue weighted by Crippen LogP contribution is -2.71. The van der Waals surface area contributed by atoms with Crippen molar-refractivity contribution in [1.82, 2.24) is 30.0 Å². The van der Waals surface area contributed by atoms with Gasteiger partial charge in [-0.1, -0.05) is 16.9 Å². The number of β-lactam (4-membered cyclic amide) rings is 1. The molecule has 2 atom stereocenters. The van der Waals surface area contributed by atoms with Crippen LogP contribution in [0.5, 0.6) is 0 Å². The van der Waals surface area contributed by atoms with Gasteiger partial charge in [0.05, 0.1) is 0 Å². The smallest absolute Gasteiger partial charge is 0.352 e. The van der Waals surface area contributed by atoms with Gasteiger partial charge in [-0.05, 0) is 30.9 Å². The number of carbonyl (C=O) groups excluding carboxylic acids is 2. The molecule has 2 aliphatic heterocycles. The quantitative estimate of drug-likeness (QED) is 0.0988. The molecule has 1 fully saturated rings. The van der Waals surface area contributed by atoms with E-state index in [2.05, 4.69) is 25.7 Å². The summed E-state index contributed by atoms with van der Waals surface area (Å²) in [5.74, 6) is -2.43. The number of anilines is 1. The van der Waals surface area contributed by atoms with E-state index in [-0.39, 0.29) is 39.2 Å². The van der Waals surface area contributed by atoms with E-state index in [1.54, 1.807) is 13.8 Å². The number of rotatable bonds is 9. The number of aromatic nitrogens is 4. The van der Waals surface area contributed by atoms with E-state index in [4.69, 9.17) is 10.6 Å². The summed E-state index contributed by atoms with van der Waals surface area (Å²) < 4.78 is 1.22. The summed E-state index contributed by atoms with van der Waals surface area (Å²) in [5.41, 5.74) is 4.15. The van der Waals surface area contributed by atoms with E-state index in [1.165, 1.54) is 40.3 Å². The van der Waals surface area contributed by atoms with Gasteiger partial charge in [-0.2, -0.15) is 0 Å². The molecule has 206 valence electrons. The lowest BCUT2D eigenvalue weighted by Gasteiger charge is -2.49. The van der Waals surface area contributed by atoms with Crippen LogP contribution in [-0.2, 0) is 19.2 Å². The number of aromatic amines is 1. The molecule has 39 heavy (non-hydrogen) atoms. The standard InChI is InChI=1S/C21H22N8O7S3/c1-8(2)28-17(33)15(31)25-26-21(28)37-5-4-9-6-38-18-12(16(32)29(18)13(9)19(34)35)24-14(30)11(27-36-3)10-7-39-20(22)23-10/h4-5,7-8,12,18H,6H2,1-3H3,(H2,22,23)(H,24,30)(H,25,31)(H,34,35)/b5-4+,27-11+. The first-order valence-electron chi connectivity index (χ1n) is 11.1. The molecule has 18 heteroatoms. The van der Waals surface area contributed by atoms with E-state index >= 15 is 0 Å². The Labute approximate surface area is 232 Å². The third-order valence-electron chi connectivity index (χ3n) is 5.48. The fourth-order valence-electron chi connectivity index (χ4n) is 3.78. The average molecular weight is 595 g/mol. The van der Waals surface area contributed by atoms with Crippen LogP contribution < -0.4 is 22.2 Å². The van der Waals surface area contributed by atoms with Crippen molar-refractivity contribution in [2.45, 2.75) is 36.5 Å². The van der Waals surface area contributed by atoms with Gasteiger partial charge in [-0.3, -0.25) is 28.6 Å². The molecule has 2 amide bonds. The van der Waals surface area contributed by atoms with Crippen molar-refractivity contribution in [2.75, 3.05) is 18.6 Å². The highest BCUT2D eigenvalue weighted by Gasteiger charge is 2.54. The zero-order valence-corrected chi connectivity index (χ0v) is 23.1. The minimum absolute atomic E-state index is 0.174. The predicted molar refractivity (Wildman–Crippen MR) is 144 cm³/mol. The van der Waals surface area contributed by atoms with E-state index in [0.717, 1.165) is 28.0 Å². The van der Waals surface area contributed by atoms with Gasteiger partial charge in [-0.25, -0.2) is 14.9 Å². The number of nitrogens with one attached hydrogen (secondary N) is 2. The Morgan fingerprint density at radius 2 is 2.13 bits per heavy atom. The number of nitrogen functional groups attached to an aromatic ring is 1. The number of carboxylic acids is 1. The molecule has 4 heterocycles. The second-order valence-corrected chi connectivity index (χ2v) is 11.1. The first-order chi connectivity index (χ1) is 18.5. The van der Waals surface area contributed by atoms with E-state index < -0.39 is 40.3 Å². The monoisotopic (exact) mass is 594 g/mol. The van der Waals surface area contributed by atoms with E-state index in [0.29, 0.717) is 5.57 Å². The number of carboxylic acid groups (broad SMARTS) is 1. The van der Waals surface area contributed by atoms with Crippen LogP contribution in [0.3, 0.4) is 0 Å². The maximum Gasteiger partial charge on any atom is 0.352 e. The number of hydrogen-bond donors (Lipinski definition) is 4. The Kier molecular flexibility index (Phi) is 8.26. The van der Waals surface area contributed by atoms with Crippen molar-refractivity contribution in [3.63, 3.8) is 0 Å². The van der Waals surface area contributed by atoms with Gasteiger partial charge in [0.25, 0.3) is 11.8 Å².